The van der Waals surface area contributed by atoms with Gasteiger partial charge in [0.05, 0.1) is 0 Å². The summed E-state index contributed by atoms with van der Waals surface area (Å²) in [5.41, 5.74) is 3.09. The van der Waals surface area contributed by atoms with Gasteiger partial charge in [0.15, 0.2) is 5.78 Å². The average molecular weight is 288 g/mol. The smallest absolute Gasteiger partial charge is 0.159 e. The van der Waals surface area contributed by atoms with E-state index in [0.717, 1.165) is 11.1 Å². The molecule has 0 amide bonds. The minimum atomic E-state index is 0.140. The predicted octanol–water partition coefficient (Wildman–Crippen LogP) is 5.74. The molecule has 1 aromatic carbocycles. The number of carbonyl (C=O) groups is 1. The first kappa shape index (κ1) is 15.4. The van der Waals surface area contributed by atoms with Crippen molar-refractivity contribution < 1.29 is 4.79 Å². The van der Waals surface area contributed by atoms with Gasteiger partial charge in [-0.05, 0) is 43.9 Å². The van der Waals surface area contributed by atoms with Crippen LogP contribution in [-0.2, 0) is 0 Å². The maximum Gasteiger partial charge on any atom is 0.159 e. The molecule has 1 aliphatic carbocycles. The molecule has 1 fully saturated rings. The van der Waals surface area contributed by atoms with Crippen molar-refractivity contribution in [3.8, 4) is 0 Å². The van der Waals surface area contributed by atoms with Crippen molar-refractivity contribution in [1.29, 1.82) is 0 Å². The molecule has 20 heavy (non-hydrogen) atoms. The molecular weight excluding hydrogens is 264 g/mol. The zero-order chi connectivity index (χ0) is 14.5. The van der Waals surface area contributed by atoms with Crippen LogP contribution in [0.5, 0.6) is 0 Å². The Bertz CT molecular complexity index is 496. The van der Waals surface area contributed by atoms with Gasteiger partial charge in [0.25, 0.3) is 0 Å². The highest BCUT2D eigenvalue weighted by molar-refractivity contribution is 8.00. The van der Waals surface area contributed by atoms with Crippen molar-refractivity contribution >= 4 is 23.1 Å². The van der Waals surface area contributed by atoms with Crippen LogP contribution in [0.3, 0.4) is 0 Å². The van der Waals surface area contributed by atoms with Gasteiger partial charge in [-0.3, -0.25) is 4.79 Å². The SMILES string of the molecule is C=C(C)c1ccc(C(C)=O)cc1SC1CCCCCC1. The predicted molar refractivity (Wildman–Crippen MR) is 88.5 cm³/mol. The Hall–Kier alpha value is -1.02. The molecule has 0 bridgehead atoms. The summed E-state index contributed by atoms with van der Waals surface area (Å²) >= 11 is 1.95. The van der Waals surface area contributed by atoms with E-state index in [4.69, 9.17) is 0 Å². The highest BCUT2D eigenvalue weighted by atomic mass is 32.2. The Labute approximate surface area is 126 Å². The first-order valence-electron chi connectivity index (χ1n) is 7.55. The number of allylic oxidation sites excluding steroid dienone is 1. The summed E-state index contributed by atoms with van der Waals surface area (Å²) in [7, 11) is 0. The van der Waals surface area contributed by atoms with Crippen LogP contribution in [0, 0.1) is 0 Å². The highest BCUT2D eigenvalue weighted by Gasteiger charge is 2.16. The number of carbonyl (C=O) groups excluding carboxylic acids is 1. The molecule has 0 N–H and O–H groups in total. The fourth-order valence-corrected chi connectivity index (χ4v) is 4.22. The zero-order valence-corrected chi connectivity index (χ0v) is 13.4. The third-order valence-electron chi connectivity index (χ3n) is 3.94. The Kier molecular flexibility index (Phi) is 5.47. The van der Waals surface area contributed by atoms with E-state index in [-0.39, 0.29) is 5.78 Å². The van der Waals surface area contributed by atoms with Gasteiger partial charge >= 0.3 is 0 Å². The molecule has 0 atom stereocenters. The third-order valence-corrected chi connectivity index (χ3v) is 5.34. The molecule has 0 unspecified atom stereocenters. The molecule has 0 aliphatic heterocycles. The van der Waals surface area contributed by atoms with Crippen molar-refractivity contribution in [2.75, 3.05) is 0 Å². The van der Waals surface area contributed by atoms with Gasteiger partial charge in [-0.25, -0.2) is 0 Å². The van der Waals surface area contributed by atoms with Crippen molar-refractivity contribution in [2.45, 2.75) is 62.5 Å². The van der Waals surface area contributed by atoms with Crippen LogP contribution < -0.4 is 0 Å². The van der Waals surface area contributed by atoms with Gasteiger partial charge in [-0.1, -0.05) is 44.4 Å². The Morgan fingerprint density at radius 2 is 1.80 bits per heavy atom. The van der Waals surface area contributed by atoms with Crippen LogP contribution in [0.2, 0.25) is 0 Å². The second-order valence-corrected chi connectivity index (χ2v) is 7.12. The number of hydrogen-bond donors (Lipinski definition) is 0. The molecule has 2 heteroatoms. The Morgan fingerprint density at radius 3 is 2.35 bits per heavy atom. The van der Waals surface area contributed by atoms with Crippen LogP contribution in [0.1, 0.15) is 68.3 Å². The maximum atomic E-state index is 11.6. The second-order valence-electron chi connectivity index (χ2n) is 5.78. The molecule has 0 radical (unpaired) electrons. The summed E-state index contributed by atoms with van der Waals surface area (Å²) < 4.78 is 0. The highest BCUT2D eigenvalue weighted by Crippen LogP contribution is 2.37. The van der Waals surface area contributed by atoms with E-state index >= 15 is 0 Å². The van der Waals surface area contributed by atoms with Gasteiger partial charge in [-0.15, -0.1) is 11.8 Å². The van der Waals surface area contributed by atoms with Gasteiger partial charge in [0.1, 0.15) is 0 Å². The summed E-state index contributed by atoms with van der Waals surface area (Å²) in [6.45, 7) is 7.75. The lowest BCUT2D eigenvalue weighted by atomic mass is 10.0. The lowest BCUT2D eigenvalue weighted by Crippen LogP contribution is -2.02. The lowest BCUT2D eigenvalue weighted by Gasteiger charge is -2.17. The van der Waals surface area contributed by atoms with Gasteiger partial charge in [0, 0.05) is 15.7 Å². The molecule has 1 aliphatic rings. The topological polar surface area (TPSA) is 17.1 Å². The zero-order valence-electron chi connectivity index (χ0n) is 12.6. The van der Waals surface area contributed by atoms with E-state index < -0.39 is 0 Å². The molecule has 2 rings (SSSR count). The number of hydrogen-bond acceptors (Lipinski definition) is 2. The van der Waals surface area contributed by atoms with E-state index in [0.29, 0.717) is 5.25 Å². The standard InChI is InChI=1S/C18H24OS/c1-13(2)17-11-10-15(14(3)19)12-18(17)20-16-8-6-4-5-7-9-16/h10-12,16H,1,4-9H2,2-3H3. The molecular formula is C18H24OS. The van der Waals surface area contributed by atoms with Gasteiger partial charge in [0.2, 0.25) is 0 Å². The molecule has 108 valence electrons. The number of ketones is 1. The van der Waals surface area contributed by atoms with E-state index in [1.165, 1.54) is 49.0 Å². The summed E-state index contributed by atoms with van der Waals surface area (Å²) in [4.78, 5) is 12.8. The second kappa shape index (κ2) is 7.12. The Morgan fingerprint density at radius 1 is 1.15 bits per heavy atom. The molecule has 1 saturated carbocycles. The Balaban J connectivity index is 2.24. The minimum absolute atomic E-state index is 0.140. The molecule has 0 saturated heterocycles. The van der Waals surface area contributed by atoms with E-state index in [1.54, 1.807) is 6.92 Å². The van der Waals surface area contributed by atoms with Crippen molar-refractivity contribution in [3.63, 3.8) is 0 Å². The van der Waals surface area contributed by atoms with Crippen LogP contribution in [0.25, 0.3) is 5.57 Å². The van der Waals surface area contributed by atoms with Crippen molar-refractivity contribution in [3.05, 3.63) is 35.9 Å². The number of rotatable bonds is 4. The molecule has 0 spiro atoms. The molecule has 1 aromatic rings. The van der Waals surface area contributed by atoms with E-state index in [1.807, 2.05) is 24.8 Å². The van der Waals surface area contributed by atoms with Crippen LogP contribution in [-0.4, -0.2) is 11.0 Å². The van der Waals surface area contributed by atoms with Crippen molar-refractivity contribution in [1.82, 2.24) is 0 Å². The largest absolute Gasteiger partial charge is 0.295 e. The summed E-state index contributed by atoms with van der Waals surface area (Å²) in [6, 6.07) is 6.03. The van der Waals surface area contributed by atoms with Crippen LogP contribution >= 0.6 is 11.8 Å². The van der Waals surface area contributed by atoms with Crippen LogP contribution in [0.15, 0.2) is 29.7 Å². The monoisotopic (exact) mass is 288 g/mol. The van der Waals surface area contributed by atoms with E-state index in [9.17, 15) is 4.79 Å². The van der Waals surface area contributed by atoms with Gasteiger partial charge in [-0.2, -0.15) is 0 Å². The normalized spacial score (nSPS) is 16.7. The summed E-state index contributed by atoms with van der Waals surface area (Å²) in [5, 5.41) is 0.692. The average Bonchev–Trinajstić information content (AvgIpc) is 2.67. The van der Waals surface area contributed by atoms with Gasteiger partial charge < -0.3 is 0 Å². The summed E-state index contributed by atoms with van der Waals surface area (Å²) in [6.07, 6.45) is 8.02. The van der Waals surface area contributed by atoms with E-state index in [2.05, 4.69) is 18.7 Å². The molecule has 0 aromatic heterocycles. The third kappa shape index (κ3) is 3.99. The molecule has 1 nitrogen and oxygen atoms in total. The fraction of sp³-hybridized carbons (Fsp3) is 0.500. The minimum Gasteiger partial charge on any atom is -0.295 e. The van der Waals surface area contributed by atoms with Crippen molar-refractivity contribution in [2.24, 2.45) is 0 Å². The fourth-order valence-electron chi connectivity index (χ4n) is 2.73. The number of benzene rings is 1. The number of thioether (sulfide) groups is 1. The molecule has 0 heterocycles. The first-order chi connectivity index (χ1) is 9.58. The van der Waals surface area contributed by atoms with Crippen LogP contribution in [0.4, 0.5) is 0 Å². The number of Topliss-reactive ketones (excluding diaryl/α,β-unsaturated/α-hetero) is 1. The summed E-state index contributed by atoms with van der Waals surface area (Å²) in [5.74, 6) is 0.140. The first-order valence-corrected chi connectivity index (χ1v) is 8.43. The maximum absolute atomic E-state index is 11.6. The lowest BCUT2D eigenvalue weighted by molar-refractivity contribution is 0.101. The quantitative estimate of drug-likeness (QED) is 0.519.